The van der Waals surface area contributed by atoms with E-state index in [0.717, 1.165) is 32.4 Å². The molecule has 2 atom stereocenters. The van der Waals surface area contributed by atoms with Crippen LogP contribution in [-0.2, 0) is 4.74 Å². The van der Waals surface area contributed by atoms with Gasteiger partial charge >= 0.3 is 6.03 Å². The van der Waals surface area contributed by atoms with Gasteiger partial charge in [0.1, 0.15) is 0 Å². The van der Waals surface area contributed by atoms with Crippen molar-refractivity contribution in [3.8, 4) is 0 Å². The minimum atomic E-state index is -0.152. The second kappa shape index (κ2) is 6.98. The van der Waals surface area contributed by atoms with Crippen LogP contribution < -0.4 is 5.32 Å². The molecular formula is C18H32N2O3. The summed E-state index contributed by atoms with van der Waals surface area (Å²) in [6, 6.07) is 0.303. The number of ether oxygens (including phenoxy) is 1. The molecule has 0 unspecified atom stereocenters. The molecule has 3 aliphatic rings. The smallest absolute Gasteiger partial charge is 0.317 e. The van der Waals surface area contributed by atoms with Crippen molar-refractivity contribution in [2.24, 2.45) is 11.3 Å². The molecule has 3 rings (SSSR count). The summed E-state index contributed by atoms with van der Waals surface area (Å²) >= 11 is 0. The number of urea groups is 1. The zero-order valence-electron chi connectivity index (χ0n) is 14.6. The van der Waals surface area contributed by atoms with E-state index in [1.165, 1.54) is 32.1 Å². The molecule has 3 fully saturated rings. The largest absolute Gasteiger partial charge is 0.393 e. The van der Waals surface area contributed by atoms with E-state index in [4.69, 9.17) is 4.74 Å². The number of hydrogen-bond donors (Lipinski definition) is 2. The molecule has 0 aromatic carbocycles. The van der Waals surface area contributed by atoms with E-state index in [-0.39, 0.29) is 23.6 Å². The first-order valence-electron chi connectivity index (χ1n) is 9.36. The lowest BCUT2D eigenvalue weighted by Gasteiger charge is -2.57. The Kier molecular flexibility index (Phi) is 5.16. The summed E-state index contributed by atoms with van der Waals surface area (Å²) in [5.41, 5.74) is 0.178. The number of hydrogen-bond acceptors (Lipinski definition) is 3. The fraction of sp³-hybridized carbons (Fsp3) is 0.944. The van der Waals surface area contributed by atoms with Crippen molar-refractivity contribution in [1.82, 2.24) is 10.2 Å². The maximum absolute atomic E-state index is 12.5. The second-order valence-electron chi connectivity index (χ2n) is 7.85. The molecular weight excluding hydrogens is 292 g/mol. The molecule has 3 saturated carbocycles. The van der Waals surface area contributed by atoms with E-state index in [0.29, 0.717) is 12.0 Å². The number of aliphatic hydroxyl groups is 1. The molecule has 1 spiro atoms. The normalized spacial score (nSPS) is 35.3. The lowest BCUT2D eigenvalue weighted by molar-refractivity contribution is -0.147. The van der Waals surface area contributed by atoms with Crippen molar-refractivity contribution in [2.75, 3.05) is 20.2 Å². The maximum atomic E-state index is 12.5. The number of amides is 2. The fourth-order valence-electron chi connectivity index (χ4n) is 4.84. The first-order chi connectivity index (χ1) is 11.0. The third kappa shape index (κ3) is 3.36. The van der Waals surface area contributed by atoms with E-state index in [1.54, 1.807) is 4.90 Å². The van der Waals surface area contributed by atoms with Crippen LogP contribution in [0.4, 0.5) is 4.79 Å². The van der Waals surface area contributed by atoms with Gasteiger partial charge in [0.15, 0.2) is 0 Å². The molecule has 0 radical (unpaired) electrons. The van der Waals surface area contributed by atoms with Gasteiger partial charge in [-0.3, -0.25) is 0 Å². The topological polar surface area (TPSA) is 61.8 Å². The average molecular weight is 324 g/mol. The van der Waals surface area contributed by atoms with Crippen LogP contribution in [0, 0.1) is 11.3 Å². The summed E-state index contributed by atoms with van der Waals surface area (Å²) in [6.07, 6.45) is 8.97. The number of carbonyl (C=O) groups excluding carboxylic acids is 1. The number of carbonyl (C=O) groups is 1. The van der Waals surface area contributed by atoms with Crippen LogP contribution in [0.2, 0.25) is 0 Å². The molecule has 5 heteroatoms. The molecule has 0 heterocycles. The van der Waals surface area contributed by atoms with Crippen molar-refractivity contribution >= 4 is 6.03 Å². The van der Waals surface area contributed by atoms with Gasteiger partial charge in [-0.2, -0.15) is 0 Å². The molecule has 0 aliphatic heterocycles. The Balaban J connectivity index is 1.53. The summed E-state index contributed by atoms with van der Waals surface area (Å²) in [5, 5.41) is 12.6. The Labute approximate surface area is 139 Å². The highest BCUT2D eigenvalue weighted by Gasteiger charge is 2.56. The second-order valence-corrected chi connectivity index (χ2v) is 7.85. The van der Waals surface area contributed by atoms with Gasteiger partial charge in [0.05, 0.1) is 12.2 Å². The van der Waals surface area contributed by atoms with Gasteiger partial charge in [-0.1, -0.05) is 19.3 Å². The van der Waals surface area contributed by atoms with Crippen molar-refractivity contribution < 1.29 is 14.6 Å². The monoisotopic (exact) mass is 324 g/mol. The Morgan fingerprint density at radius 1 is 1.26 bits per heavy atom. The average Bonchev–Trinajstić information content (AvgIpc) is 2.53. The summed E-state index contributed by atoms with van der Waals surface area (Å²) in [7, 11) is 1.87. The highest BCUT2D eigenvalue weighted by Crippen LogP contribution is 2.53. The maximum Gasteiger partial charge on any atom is 0.317 e. The first-order valence-corrected chi connectivity index (χ1v) is 9.36. The van der Waals surface area contributed by atoms with Crippen molar-refractivity contribution in [1.29, 1.82) is 0 Å². The predicted molar refractivity (Wildman–Crippen MR) is 89.2 cm³/mol. The van der Waals surface area contributed by atoms with Crippen LogP contribution in [0.3, 0.4) is 0 Å². The van der Waals surface area contributed by atoms with Crippen LogP contribution in [0.1, 0.15) is 58.3 Å². The van der Waals surface area contributed by atoms with Crippen LogP contribution in [-0.4, -0.2) is 54.5 Å². The molecule has 3 aliphatic carbocycles. The van der Waals surface area contributed by atoms with Gasteiger partial charge in [0.2, 0.25) is 0 Å². The molecule has 0 bridgehead atoms. The number of nitrogens with zero attached hydrogens (tertiary/aromatic N) is 1. The van der Waals surface area contributed by atoms with Crippen molar-refractivity contribution in [2.45, 2.75) is 76.5 Å². The SMILES string of the molecule is CCO[C@@H]1C[C@H](NC(=O)N(C)CC2CC(O)C2)C12CCCCC2. The molecule has 0 aromatic rings. The Bertz CT molecular complexity index is 416. The van der Waals surface area contributed by atoms with E-state index in [1.807, 2.05) is 7.05 Å². The predicted octanol–water partition coefficient (Wildman–Crippen LogP) is 2.53. The van der Waals surface area contributed by atoms with Crippen molar-refractivity contribution in [3.05, 3.63) is 0 Å². The van der Waals surface area contributed by atoms with E-state index in [9.17, 15) is 9.90 Å². The number of rotatable bonds is 5. The van der Waals surface area contributed by atoms with Crippen LogP contribution in [0.25, 0.3) is 0 Å². The van der Waals surface area contributed by atoms with Gasteiger partial charge in [0.25, 0.3) is 0 Å². The van der Waals surface area contributed by atoms with Gasteiger partial charge in [0, 0.05) is 31.7 Å². The van der Waals surface area contributed by atoms with E-state index >= 15 is 0 Å². The third-order valence-corrected chi connectivity index (χ3v) is 6.32. The lowest BCUT2D eigenvalue weighted by atomic mass is 9.55. The van der Waals surface area contributed by atoms with Gasteiger partial charge in [-0.05, 0) is 44.9 Å². The summed E-state index contributed by atoms with van der Waals surface area (Å²) < 4.78 is 5.95. The van der Waals surface area contributed by atoms with Gasteiger partial charge in [-0.25, -0.2) is 4.79 Å². The molecule has 5 nitrogen and oxygen atoms in total. The van der Waals surface area contributed by atoms with E-state index < -0.39 is 0 Å². The fourth-order valence-corrected chi connectivity index (χ4v) is 4.84. The number of nitrogens with one attached hydrogen (secondary N) is 1. The Morgan fingerprint density at radius 2 is 1.96 bits per heavy atom. The zero-order valence-corrected chi connectivity index (χ0v) is 14.6. The molecule has 23 heavy (non-hydrogen) atoms. The minimum absolute atomic E-state index is 0.0382. The van der Waals surface area contributed by atoms with Crippen molar-refractivity contribution in [3.63, 3.8) is 0 Å². The highest BCUT2D eigenvalue weighted by atomic mass is 16.5. The molecule has 132 valence electrons. The summed E-state index contributed by atoms with van der Waals surface area (Å²) in [4.78, 5) is 14.3. The minimum Gasteiger partial charge on any atom is -0.393 e. The molecule has 2 N–H and O–H groups in total. The van der Waals surface area contributed by atoms with Crippen LogP contribution >= 0.6 is 0 Å². The van der Waals surface area contributed by atoms with Gasteiger partial charge in [-0.15, -0.1) is 0 Å². The quantitative estimate of drug-likeness (QED) is 0.817. The molecule has 2 amide bonds. The lowest BCUT2D eigenvalue weighted by Crippen LogP contribution is -2.66. The number of aliphatic hydroxyl groups excluding tert-OH is 1. The Hall–Kier alpha value is -0.810. The van der Waals surface area contributed by atoms with Crippen LogP contribution in [0.15, 0.2) is 0 Å². The third-order valence-electron chi connectivity index (χ3n) is 6.32. The highest BCUT2D eigenvalue weighted by molar-refractivity contribution is 5.74. The standard InChI is InChI=1S/C18H32N2O3/c1-3-23-16-11-15(18(16)7-5-4-6-8-18)19-17(22)20(2)12-13-9-14(21)10-13/h13-16,21H,3-12H2,1-2H3,(H,19,22)/t13?,14?,15-,16+/m0/s1. The van der Waals surface area contributed by atoms with Gasteiger partial charge < -0.3 is 20.1 Å². The molecule has 0 aromatic heterocycles. The zero-order chi connectivity index (χ0) is 16.4. The van der Waals surface area contributed by atoms with Crippen LogP contribution in [0.5, 0.6) is 0 Å². The molecule has 0 saturated heterocycles. The van der Waals surface area contributed by atoms with E-state index in [2.05, 4.69) is 12.2 Å². The first kappa shape index (κ1) is 17.0. The summed E-state index contributed by atoms with van der Waals surface area (Å²) in [5.74, 6) is 0.460. The Morgan fingerprint density at radius 3 is 2.57 bits per heavy atom. The summed E-state index contributed by atoms with van der Waals surface area (Å²) in [6.45, 7) is 3.57.